The minimum absolute atomic E-state index is 0.141. The number of fused-ring (bicyclic) bond motifs is 1. The lowest BCUT2D eigenvalue weighted by Crippen LogP contribution is -2.15. The van der Waals surface area contributed by atoms with Gasteiger partial charge >= 0.3 is 5.97 Å². The van der Waals surface area contributed by atoms with Crippen LogP contribution in [0.5, 0.6) is 0 Å². The fraction of sp³-hybridized carbons (Fsp3) is 0.118. The third-order valence-corrected chi connectivity index (χ3v) is 6.17. The first-order valence-electron chi connectivity index (χ1n) is 7.34. The molecular formula is C17H12Cl2FNO4S. The predicted molar refractivity (Wildman–Crippen MR) is 97.0 cm³/mol. The maximum absolute atomic E-state index is 13.7. The predicted octanol–water partition coefficient (Wildman–Crippen LogP) is 4.26. The van der Waals surface area contributed by atoms with Crippen LogP contribution in [0, 0.1) is 12.7 Å². The van der Waals surface area contributed by atoms with E-state index < -0.39 is 28.2 Å². The van der Waals surface area contributed by atoms with Crippen LogP contribution in [0.1, 0.15) is 11.3 Å². The number of benzene rings is 2. The summed E-state index contributed by atoms with van der Waals surface area (Å²) in [4.78, 5) is 11.0. The maximum atomic E-state index is 13.7. The summed E-state index contributed by atoms with van der Waals surface area (Å²) in [5.74, 6) is -1.75. The Bertz CT molecular complexity index is 1140. The molecule has 1 heterocycles. The van der Waals surface area contributed by atoms with Crippen molar-refractivity contribution in [3.8, 4) is 0 Å². The molecule has 0 saturated heterocycles. The van der Waals surface area contributed by atoms with Crippen molar-refractivity contribution in [3.05, 3.63) is 63.5 Å². The van der Waals surface area contributed by atoms with Crippen LogP contribution in [0.2, 0.25) is 10.0 Å². The number of carboxylic acids is 1. The van der Waals surface area contributed by atoms with E-state index in [4.69, 9.17) is 28.3 Å². The third kappa shape index (κ3) is 3.18. The normalized spacial score (nSPS) is 11.8. The summed E-state index contributed by atoms with van der Waals surface area (Å²) in [7, 11) is -4.14. The van der Waals surface area contributed by atoms with E-state index in [0.717, 1.165) is 16.1 Å². The lowest BCUT2D eigenvalue weighted by molar-refractivity contribution is -0.136. The van der Waals surface area contributed by atoms with E-state index in [2.05, 4.69) is 0 Å². The van der Waals surface area contributed by atoms with Gasteiger partial charge in [0.05, 0.1) is 16.8 Å². The molecule has 0 aliphatic carbocycles. The smallest absolute Gasteiger partial charge is 0.307 e. The molecule has 1 N–H and O–H groups in total. The largest absolute Gasteiger partial charge is 0.481 e. The van der Waals surface area contributed by atoms with Crippen molar-refractivity contribution in [1.29, 1.82) is 0 Å². The SMILES string of the molecule is Cc1c(CC(=O)O)c2cc(F)ccc2n1S(=O)(=O)c1cc(Cl)cc(Cl)c1. The molecular weight excluding hydrogens is 404 g/mol. The zero-order valence-corrected chi connectivity index (χ0v) is 15.7. The molecule has 3 rings (SSSR count). The number of nitrogens with zero attached hydrogens (tertiary/aromatic N) is 1. The van der Waals surface area contributed by atoms with E-state index in [9.17, 15) is 17.6 Å². The number of halogens is 3. The topological polar surface area (TPSA) is 76.4 Å². The third-order valence-electron chi connectivity index (χ3n) is 3.95. The molecule has 136 valence electrons. The van der Waals surface area contributed by atoms with E-state index in [0.29, 0.717) is 0 Å². The van der Waals surface area contributed by atoms with E-state index in [-0.39, 0.29) is 37.1 Å². The minimum atomic E-state index is -4.14. The van der Waals surface area contributed by atoms with Crippen LogP contribution in [0.3, 0.4) is 0 Å². The Labute approximate surface area is 158 Å². The second kappa shape index (κ2) is 6.57. The minimum Gasteiger partial charge on any atom is -0.481 e. The maximum Gasteiger partial charge on any atom is 0.307 e. The molecule has 2 aromatic carbocycles. The number of carboxylic acid groups (broad SMARTS) is 1. The fourth-order valence-corrected chi connectivity index (χ4v) is 5.20. The monoisotopic (exact) mass is 415 g/mol. The summed E-state index contributed by atoms with van der Waals surface area (Å²) < 4.78 is 41.0. The second-order valence-electron chi connectivity index (χ2n) is 5.67. The lowest BCUT2D eigenvalue weighted by Gasteiger charge is -2.11. The van der Waals surface area contributed by atoms with Crippen LogP contribution in [0.25, 0.3) is 10.9 Å². The number of hydrogen-bond donors (Lipinski definition) is 1. The van der Waals surface area contributed by atoms with Crippen LogP contribution in [-0.2, 0) is 21.2 Å². The van der Waals surface area contributed by atoms with Crippen molar-refractivity contribution in [2.45, 2.75) is 18.2 Å². The van der Waals surface area contributed by atoms with Gasteiger partial charge in [-0.15, -0.1) is 0 Å². The van der Waals surface area contributed by atoms with Crippen LogP contribution in [-0.4, -0.2) is 23.5 Å². The first-order chi connectivity index (χ1) is 12.1. The highest BCUT2D eigenvalue weighted by molar-refractivity contribution is 7.90. The molecule has 26 heavy (non-hydrogen) atoms. The molecule has 0 aliphatic heterocycles. The molecule has 9 heteroatoms. The molecule has 0 spiro atoms. The summed E-state index contributed by atoms with van der Waals surface area (Å²) in [5.41, 5.74) is 0.587. The Balaban J connectivity index is 2.37. The summed E-state index contributed by atoms with van der Waals surface area (Å²) in [6.45, 7) is 1.47. The first kappa shape index (κ1) is 18.7. The van der Waals surface area contributed by atoms with Gasteiger partial charge < -0.3 is 5.11 Å². The van der Waals surface area contributed by atoms with Gasteiger partial charge in [-0.1, -0.05) is 23.2 Å². The van der Waals surface area contributed by atoms with Gasteiger partial charge in [-0.3, -0.25) is 4.79 Å². The van der Waals surface area contributed by atoms with Gasteiger partial charge in [0.15, 0.2) is 0 Å². The van der Waals surface area contributed by atoms with Crippen molar-refractivity contribution >= 4 is 50.1 Å². The van der Waals surface area contributed by atoms with Crippen molar-refractivity contribution in [1.82, 2.24) is 3.97 Å². The molecule has 0 atom stereocenters. The number of rotatable bonds is 4. The van der Waals surface area contributed by atoms with E-state index in [1.54, 1.807) is 0 Å². The number of hydrogen-bond acceptors (Lipinski definition) is 3. The zero-order valence-electron chi connectivity index (χ0n) is 13.3. The Hall–Kier alpha value is -2.09. The molecule has 0 radical (unpaired) electrons. The van der Waals surface area contributed by atoms with Crippen LogP contribution in [0.4, 0.5) is 4.39 Å². The quantitative estimate of drug-likeness (QED) is 0.690. The molecule has 0 aliphatic rings. The van der Waals surface area contributed by atoms with Crippen molar-refractivity contribution < 1.29 is 22.7 Å². The van der Waals surface area contributed by atoms with Crippen LogP contribution >= 0.6 is 23.2 Å². The summed E-state index contributed by atoms with van der Waals surface area (Å²) >= 11 is 11.8. The molecule has 0 unspecified atom stereocenters. The number of aliphatic carboxylic acids is 1. The summed E-state index contributed by atoms with van der Waals surface area (Å²) in [5, 5.41) is 9.64. The Morgan fingerprint density at radius 3 is 2.35 bits per heavy atom. The van der Waals surface area contributed by atoms with Crippen LogP contribution in [0.15, 0.2) is 41.3 Å². The van der Waals surface area contributed by atoms with Gasteiger partial charge in [0, 0.05) is 21.1 Å². The number of carbonyl (C=O) groups is 1. The summed E-state index contributed by atoms with van der Waals surface area (Å²) in [6.07, 6.45) is -0.440. The van der Waals surface area contributed by atoms with Gasteiger partial charge in [-0.05, 0) is 48.9 Å². The van der Waals surface area contributed by atoms with Crippen molar-refractivity contribution in [3.63, 3.8) is 0 Å². The molecule has 0 fully saturated rings. The van der Waals surface area contributed by atoms with Gasteiger partial charge in [0.25, 0.3) is 10.0 Å². The van der Waals surface area contributed by atoms with Gasteiger partial charge in [-0.2, -0.15) is 0 Å². The Morgan fingerprint density at radius 2 is 1.77 bits per heavy atom. The molecule has 1 aromatic heterocycles. The highest BCUT2D eigenvalue weighted by atomic mass is 35.5. The highest BCUT2D eigenvalue weighted by Crippen LogP contribution is 2.32. The van der Waals surface area contributed by atoms with E-state index in [1.807, 2.05) is 0 Å². The van der Waals surface area contributed by atoms with E-state index in [1.165, 1.54) is 31.2 Å². The van der Waals surface area contributed by atoms with Crippen LogP contribution < -0.4 is 0 Å². The first-order valence-corrected chi connectivity index (χ1v) is 9.54. The van der Waals surface area contributed by atoms with Gasteiger partial charge in [-0.25, -0.2) is 16.8 Å². The van der Waals surface area contributed by atoms with Crippen molar-refractivity contribution in [2.24, 2.45) is 0 Å². The van der Waals surface area contributed by atoms with Gasteiger partial charge in [0.2, 0.25) is 0 Å². The average molecular weight is 416 g/mol. The molecule has 3 aromatic rings. The molecule has 0 bridgehead atoms. The summed E-state index contributed by atoms with van der Waals surface area (Å²) in [6, 6.07) is 7.42. The lowest BCUT2D eigenvalue weighted by atomic mass is 10.1. The van der Waals surface area contributed by atoms with Gasteiger partial charge in [0.1, 0.15) is 5.82 Å². The molecule has 5 nitrogen and oxygen atoms in total. The molecule has 0 amide bonds. The number of aromatic nitrogens is 1. The van der Waals surface area contributed by atoms with E-state index >= 15 is 0 Å². The average Bonchev–Trinajstić information content (AvgIpc) is 2.78. The molecule has 0 saturated carbocycles. The fourth-order valence-electron chi connectivity index (χ4n) is 2.89. The standard InChI is InChI=1S/C17H12Cl2FNO4S/c1-9-14(8-17(22)23)15-7-12(20)2-3-16(15)21(9)26(24,25)13-5-10(18)4-11(19)6-13/h2-7H,8H2,1H3,(H,22,23). The highest BCUT2D eigenvalue weighted by Gasteiger charge is 2.26. The zero-order chi connectivity index (χ0) is 19.2. The van der Waals surface area contributed by atoms with Crippen molar-refractivity contribution in [2.75, 3.05) is 0 Å². The Morgan fingerprint density at radius 1 is 1.15 bits per heavy atom. The second-order valence-corrected chi connectivity index (χ2v) is 8.33. The Kier molecular flexibility index (Phi) is 4.72.